The van der Waals surface area contributed by atoms with Crippen LogP contribution in [0.5, 0.6) is 5.75 Å². The summed E-state index contributed by atoms with van der Waals surface area (Å²) < 4.78 is 13.5. The van der Waals surface area contributed by atoms with Crippen molar-refractivity contribution in [1.82, 2.24) is 5.43 Å². The molecular formula is C14H9Cl2FN2O2. The van der Waals surface area contributed by atoms with Crippen molar-refractivity contribution in [2.24, 2.45) is 5.10 Å². The topological polar surface area (TPSA) is 61.7 Å². The third-order valence-electron chi connectivity index (χ3n) is 2.56. The standard InChI is InChI=1S/C14H9Cl2FN2O2/c15-8-4-5-13(20)9(6-8)14(21)19-18-7-10-11(16)2-1-3-12(10)17/h1-7,20H,(H,19,21)/b18-7+. The van der Waals surface area contributed by atoms with Crippen LogP contribution in [0.25, 0.3) is 0 Å². The molecule has 0 radical (unpaired) electrons. The van der Waals surface area contributed by atoms with Gasteiger partial charge in [-0.15, -0.1) is 0 Å². The molecule has 108 valence electrons. The molecule has 0 saturated heterocycles. The molecule has 21 heavy (non-hydrogen) atoms. The first-order chi connectivity index (χ1) is 9.99. The van der Waals surface area contributed by atoms with Gasteiger partial charge in [0.25, 0.3) is 5.91 Å². The van der Waals surface area contributed by atoms with E-state index in [0.29, 0.717) is 5.02 Å². The second-order valence-electron chi connectivity index (χ2n) is 4.00. The molecular weight excluding hydrogens is 318 g/mol. The monoisotopic (exact) mass is 326 g/mol. The van der Waals surface area contributed by atoms with E-state index < -0.39 is 11.7 Å². The zero-order valence-corrected chi connectivity index (χ0v) is 12.0. The molecule has 2 rings (SSSR count). The summed E-state index contributed by atoms with van der Waals surface area (Å²) >= 11 is 11.5. The molecule has 2 aromatic carbocycles. The van der Waals surface area contributed by atoms with E-state index in [1.54, 1.807) is 0 Å². The van der Waals surface area contributed by atoms with Crippen molar-refractivity contribution in [1.29, 1.82) is 0 Å². The van der Waals surface area contributed by atoms with Crippen molar-refractivity contribution < 1.29 is 14.3 Å². The average Bonchev–Trinajstić information content (AvgIpc) is 2.44. The van der Waals surface area contributed by atoms with Gasteiger partial charge in [-0.25, -0.2) is 9.82 Å². The highest BCUT2D eigenvalue weighted by molar-refractivity contribution is 6.33. The lowest BCUT2D eigenvalue weighted by Crippen LogP contribution is -2.17. The van der Waals surface area contributed by atoms with Crippen LogP contribution < -0.4 is 5.43 Å². The minimum Gasteiger partial charge on any atom is -0.507 e. The molecule has 0 unspecified atom stereocenters. The Bertz CT molecular complexity index is 700. The van der Waals surface area contributed by atoms with Crippen LogP contribution in [0, 0.1) is 5.82 Å². The van der Waals surface area contributed by atoms with Crippen LogP contribution in [-0.2, 0) is 0 Å². The number of carbonyl (C=O) groups is 1. The minimum atomic E-state index is -0.682. The number of phenols is 1. The molecule has 0 saturated carbocycles. The number of rotatable bonds is 3. The zero-order valence-electron chi connectivity index (χ0n) is 10.5. The number of phenolic OH excluding ortho intramolecular Hbond substituents is 1. The highest BCUT2D eigenvalue weighted by Gasteiger charge is 2.11. The molecule has 4 nitrogen and oxygen atoms in total. The Morgan fingerprint density at radius 3 is 2.76 bits per heavy atom. The van der Waals surface area contributed by atoms with Crippen LogP contribution in [-0.4, -0.2) is 17.2 Å². The number of hydrogen-bond acceptors (Lipinski definition) is 3. The predicted octanol–water partition coefficient (Wildman–Crippen LogP) is 3.60. The zero-order chi connectivity index (χ0) is 15.4. The Labute approximate surface area is 129 Å². The van der Waals surface area contributed by atoms with Crippen molar-refractivity contribution in [3.8, 4) is 5.75 Å². The van der Waals surface area contributed by atoms with Crippen molar-refractivity contribution in [3.63, 3.8) is 0 Å². The summed E-state index contributed by atoms with van der Waals surface area (Å²) in [6, 6.07) is 8.19. The molecule has 0 heterocycles. The highest BCUT2D eigenvalue weighted by atomic mass is 35.5. The number of amides is 1. The van der Waals surface area contributed by atoms with Gasteiger partial charge in [-0.05, 0) is 30.3 Å². The number of carbonyl (C=O) groups excluding carboxylic acids is 1. The summed E-state index contributed by atoms with van der Waals surface area (Å²) in [7, 11) is 0. The molecule has 0 aliphatic heterocycles. The largest absolute Gasteiger partial charge is 0.507 e. The molecule has 0 atom stereocenters. The van der Waals surface area contributed by atoms with Gasteiger partial charge in [-0.2, -0.15) is 5.10 Å². The van der Waals surface area contributed by atoms with Gasteiger partial charge in [0.15, 0.2) is 0 Å². The van der Waals surface area contributed by atoms with E-state index in [-0.39, 0.29) is 21.9 Å². The Balaban J connectivity index is 2.14. The SMILES string of the molecule is O=C(N/N=C/c1c(F)cccc1Cl)c1cc(Cl)ccc1O. The lowest BCUT2D eigenvalue weighted by atomic mass is 10.2. The Morgan fingerprint density at radius 2 is 2.05 bits per heavy atom. The maximum atomic E-state index is 13.5. The summed E-state index contributed by atoms with van der Waals surface area (Å²) in [4.78, 5) is 11.8. The first-order valence-corrected chi connectivity index (χ1v) is 6.50. The van der Waals surface area contributed by atoms with E-state index in [1.165, 1.54) is 36.4 Å². The van der Waals surface area contributed by atoms with E-state index in [2.05, 4.69) is 10.5 Å². The molecule has 0 aliphatic carbocycles. The maximum absolute atomic E-state index is 13.5. The van der Waals surface area contributed by atoms with Crippen LogP contribution in [0.3, 0.4) is 0 Å². The number of nitrogens with one attached hydrogen (secondary N) is 1. The quantitative estimate of drug-likeness (QED) is 0.668. The van der Waals surface area contributed by atoms with Gasteiger partial charge in [0.05, 0.1) is 16.8 Å². The highest BCUT2D eigenvalue weighted by Crippen LogP contribution is 2.21. The normalized spacial score (nSPS) is 10.8. The van der Waals surface area contributed by atoms with Crippen molar-refractivity contribution in [2.75, 3.05) is 0 Å². The van der Waals surface area contributed by atoms with E-state index in [1.807, 2.05) is 0 Å². The summed E-state index contributed by atoms with van der Waals surface area (Å²) in [6.07, 6.45) is 1.08. The number of nitrogens with zero attached hydrogens (tertiary/aromatic N) is 1. The number of halogens is 3. The summed E-state index contributed by atoms with van der Waals surface area (Å²) in [5, 5.41) is 13.6. The van der Waals surface area contributed by atoms with Crippen LogP contribution in [0.15, 0.2) is 41.5 Å². The Kier molecular flexibility index (Phi) is 4.77. The number of aromatic hydroxyl groups is 1. The minimum absolute atomic E-state index is 0.0423. The lowest BCUT2D eigenvalue weighted by Gasteiger charge is -2.03. The number of hydrogen-bond donors (Lipinski definition) is 2. The predicted molar refractivity (Wildman–Crippen MR) is 79.6 cm³/mol. The Hall–Kier alpha value is -2.11. The summed E-state index contributed by atoms with van der Waals surface area (Å²) in [5.41, 5.74) is 2.16. The molecule has 0 spiro atoms. The summed E-state index contributed by atoms with van der Waals surface area (Å²) in [5.74, 6) is -1.49. The van der Waals surface area contributed by atoms with Gasteiger partial charge in [0.2, 0.25) is 0 Å². The first-order valence-electron chi connectivity index (χ1n) is 5.75. The fourth-order valence-electron chi connectivity index (χ4n) is 1.54. The van der Waals surface area contributed by atoms with Gasteiger partial charge >= 0.3 is 0 Å². The molecule has 2 aromatic rings. The third kappa shape index (κ3) is 3.71. The van der Waals surface area contributed by atoms with E-state index in [0.717, 1.165) is 6.21 Å². The fraction of sp³-hybridized carbons (Fsp3) is 0. The lowest BCUT2D eigenvalue weighted by molar-refractivity contribution is 0.0952. The third-order valence-corrected chi connectivity index (χ3v) is 3.13. The van der Waals surface area contributed by atoms with E-state index in [4.69, 9.17) is 23.2 Å². The summed E-state index contributed by atoms with van der Waals surface area (Å²) in [6.45, 7) is 0. The van der Waals surface area contributed by atoms with Gasteiger partial charge < -0.3 is 5.11 Å². The second-order valence-corrected chi connectivity index (χ2v) is 4.84. The van der Waals surface area contributed by atoms with E-state index in [9.17, 15) is 14.3 Å². The smallest absolute Gasteiger partial charge is 0.275 e. The molecule has 0 bridgehead atoms. The van der Waals surface area contributed by atoms with Gasteiger partial charge in [0.1, 0.15) is 11.6 Å². The van der Waals surface area contributed by atoms with Gasteiger partial charge in [-0.1, -0.05) is 29.3 Å². The van der Waals surface area contributed by atoms with Crippen LogP contribution in [0.4, 0.5) is 4.39 Å². The van der Waals surface area contributed by atoms with Crippen LogP contribution >= 0.6 is 23.2 Å². The first kappa shape index (κ1) is 15.3. The van der Waals surface area contributed by atoms with Crippen LogP contribution in [0.2, 0.25) is 10.0 Å². The Morgan fingerprint density at radius 1 is 1.29 bits per heavy atom. The molecule has 0 aliphatic rings. The molecule has 2 N–H and O–H groups in total. The number of hydrazone groups is 1. The molecule has 7 heteroatoms. The van der Waals surface area contributed by atoms with E-state index >= 15 is 0 Å². The van der Waals surface area contributed by atoms with Crippen molar-refractivity contribution >= 4 is 35.3 Å². The average molecular weight is 327 g/mol. The number of benzene rings is 2. The maximum Gasteiger partial charge on any atom is 0.275 e. The second kappa shape index (κ2) is 6.56. The molecule has 0 fully saturated rings. The van der Waals surface area contributed by atoms with Crippen molar-refractivity contribution in [3.05, 3.63) is 63.4 Å². The van der Waals surface area contributed by atoms with Crippen molar-refractivity contribution in [2.45, 2.75) is 0 Å². The fourth-order valence-corrected chi connectivity index (χ4v) is 1.92. The van der Waals surface area contributed by atoms with Crippen LogP contribution in [0.1, 0.15) is 15.9 Å². The molecule has 0 aromatic heterocycles. The van der Waals surface area contributed by atoms with Gasteiger partial charge in [0, 0.05) is 10.6 Å². The molecule has 1 amide bonds. The van der Waals surface area contributed by atoms with Gasteiger partial charge in [-0.3, -0.25) is 4.79 Å².